The SMILES string of the molecule is C=C1CC=CC=C1NC(=O)C(C)(C)C. The molecule has 1 N–H and O–H groups in total. The number of amides is 1. The van der Waals surface area contributed by atoms with Crippen LogP contribution in [0.25, 0.3) is 0 Å². The van der Waals surface area contributed by atoms with Gasteiger partial charge in [0.1, 0.15) is 0 Å². The van der Waals surface area contributed by atoms with Gasteiger partial charge in [-0.05, 0) is 18.1 Å². The molecule has 0 atom stereocenters. The zero-order chi connectivity index (χ0) is 10.8. The van der Waals surface area contributed by atoms with Crippen LogP contribution in [-0.2, 0) is 4.79 Å². The molecule has 0 aromatic rings. The van der Waals surface area contributed by atoms with Crippen LogP contribution in [0.15, 0.2) is 36.1 Å². The molecule has 0 aromatic heterocycles. The molecule has 0 radical (unpaired) electrons. The predicted molar refractivity (Wildman–Crippen MR) is 58.6 cm³/mol. The lowest BCUT2D eigenvalue weighted by atomic mass is 9.95. The molecule has 76 valence electrons. The summed E-state index contributed by atoms with van der Waals surface area (Å²) in [5.74, 6) is 0.0280. The van der Waals surface area contributed by atoms with Crippen LogP contribution >= 0.6 is 0 Å². The number of nitrogens with one attached hydrogen (secondary N) is 1. The van der Waals surface area contributed by atoms with Crippen LogP contribution in [0.1, 0.15) is 27.2 Å². The van der Waals surface area contributed by atoms with Crippen LogP contribution in [0.5, 0.6) is 0 Å². The zero-order valence-corrected chi connectivity index (χ0v) is 9.05. The molecular weight excluding hydrogens is 174 g/mol. The molecule has 1 aliphatic rings. The van der Waals surface area contributed by atoms with E-state index in [2.05, 4.69) is 11.9 Å². The second-order valence-electron chi connectivity index (χ2n) is 4.52. The summed E-state index contributed by atoms with van der Waals surface area (Å²) in [5.41, 5.74) is 1.44. The Kier molecular flexibility index (Phi) is 2.94. The minimum absolute atomic E-state index is 0.0280. The van der Waals surface area contributed by atoms with E-state index in [4.69, 9.17) is 0 Å². The van der Waals surface area contributed by atoms with Crippen molar-refractivity contribution >= 4 is 5.91 Å². The van der Waals surface area contributed by atoms with Gasteiger partial charge in [-0.15, -0.1) is 0 Å². The summed E-state index contributed by atoms with van der Waals surface area (Å²) in [5, 5.41) is 2.88. The number of rotatable bonds is 1. The monoisotopic (exact) mass is 191 g/mol. The second-order valence-corrected chi connectivity index (χ2v) is 4.52. The van der Waals surface area contributed by atoms with E-state index in [0.717, 1.165) is 17.7 Å². The van der Waals surface area contributed by atoms with E-state index in [0.29, 0.717) is 0 Å². The third kappa shape index (κ3) is 2.59. The van der Waals surface area contributed by atoms with Crippen molar-refractivity contribution in [3.05, 3.63) is 36.1 Å². The zero-order valence-electron chi connectivity index (χ0n) is 9.05. The first kappa shape index (κ1) is 10.8. The highest BCUT2D eigenvalue weighted by Gasteiger charge is 2.22. The standard InChI is InChI=1S/C12H17NO/c1-9-7-5-6-8-10(9)13-11(14)12(2,3)4/h5-6,8H,1,7H2,2-4H3,(H,13,14). The van der Waals surface area contributed by atoms with Crippen molar-refractivity contribution in [1.82, 2.24) is 5.32 Å². The van der Waals surface area contributed by atoms with Gasteiger partial charge in [0, 0.05) is 11.1 Å². The highest BCUT2D eigenvalue weighted by Crippen LogP contribution is 2.18. The molecule has 1 rings (SSSR count). The van der Waals surface area contributed by atoms with Crippen molar-refractivity contribution in [2.24, 2.45) is 5.41 Å². The molecule has 0 fully saturated rings. The van der Waals surface area contributed by atoms with E-state index in [1.807, 2.05) is 39.0 Å². The number of hydrogen-bond donors (Lipinski definition) is 1. The summed E-state index contributed by atoms with van der Waals surface area (Å²) in [6.45, 7) is 9.58. The van der Waals surface area contributed by atoms with Crippen molar-refractivity contribution in [1.29, 1.82) is 0 Å². The third-order valence-electron chi connectivity index (χ3n) is 2.07. The summed E-state index contributed by atoms with van der Waals surface area (Å²) in [6, 6.07) is 0. The van der Waals surface area contributed by atoms with Crippen molar-refractivity contribution in [3.8, 4) is 0 Å². The average Bonchev–Trinajstić information content (AvgIpc) is 2.07. The lowest BCUT2D eigenvalue weighted by Gasteiger charge is -2.21. The molecule has 0 spiro atoms. The summed E-state index contributed by atoms with van der Waals surface area (Å²) >= 11 is 0. The highest BCUT2D eigenvalue weighted by atomic mass is 16.2. The number of allylic oxidation sites excluding steroid dienone is 4. The first-order valence-electron chi connectivity index (χ1n) is 4.77. The second kappa shape index (κ2) is 3.82. The molecule has 0 heterocycles. The van der Waals surface area contributed by atoms with Crippen LogP contribution in [0.3, 0.4) is 0 Å². The maximum absolute atomic E-state index is 11.7. The fourth-order valence-electron chi connectivity index (χ4n) is 1.04. The lowest BCUT2D eigenvalue weighted by Crippen LogP contribution is -2.34. The van der Waals surface area contributed by atoms with E-state index in [1.165, 1.54) is 0 Å². The Morgan fingerprint density at radius 1 is 1.50 bits per heavy atom. The Morgan fingerprint density at radius 3 is 2.64 bits per heavy atom. The van der Waals surface area contributed by atoms with Crippen LogP contribution in [0.4, 0.5) is 0 Å². The first-order chi connectivity index (χ1) is 6.41. The molecule has 0 aliphatic heterocycles. The molecule has 1 aliphatic carbocycles. The van der Waals surface area contributed by atoms with E-state index in [9.17, 15) is 4.79 Å². The lowest BCUT2D eigenvalue weighted by molar-refractivity contribution is -0.127. The van der Waals surface area contributed by atoms with Crippen LogP contribution in [-0.4, -0.2) is 5.91 Å². The summed E-state index contributed by atoms with van der Waals surface area (Å²) < 4.78 is 0. The minimum atomic E-state index is -0.359. The van der Waals surface area contributed by atoms with E-state index in [-0.39, 0.29) is 11.3 Å². The van der Waals surface area contributed by atoms with Gasteiger partial charge in [-0.2, -0.15) is 0 Å². The topological polar surface area (TPSA) is 29.1 Å². The number of hydrogen-bond acceptors (Lipinski definition) is 1. The van der Waals surface area contributed by atoms with Gasteiger partial charge in [-0.3, -0.25) is 4.79 Å². The van der Waals surface area contributed by atoms with Gasteiger partial charge in [0.25, 0.3) is 0 Å². The molecule has 0 bridgehead atoms. The smallest absolute Gasteiger partial charge is 0.229 e. The highest BCUT2D eigenvalue weighted by molar-refractivity contribution is 5.83. The average molecular weight is 191 g/mol. The molecule has 2 nitrogen and oxygen atoms in total. The number of carbonyl (C=O) groups is 1. The van der Waals surface area contributed by atoms with E-state index < -0.39 is 0 Å². The molecule has 0 saturated heterocycles. The van der Waals surface area contributed by atoms with Crippen LogP contribution in [0, 0.1) is 5.41 Å². The van der Waals surface area contributed by atoms with Gasteiger partial charge in [-0.25, -0.2) is 0 Å². The van der Waals surface area contributed by atoms with Crippen LogP contribution < -0.4 is 5.32 Å². The Hall–Kier alpha value is -1.31. The van der Waals surface area contributed by atoms with Crippen molar-refractivity contribution in [3.63, 3.8) is 0 Å². The first-order valence-corrected chi connectivity index (χ1v) is 4.77. The Bertz CT molecular complexity index is 316. The number of carbonyl (C=O) groups excluding carboxylic acids is 1. The van der Waals surface area contributed by atoms with Crippen LogP contribution in [0.2, 0.25) is 0 Å². The fourth-order valence-corrected chi connectivity index (χ4v) is 1.04. The Morgan fingerprint density at radius 2 is 2.14 bits per heavy atom. The largest absolute Gasteiger partial charge is 0.325 e. The molecule has 0 unspecified atom stereocenters. The van der Waals surface area contributed by atoms with Gasteiger partial charge in [-0.1, -0.05) is 39.5 Å². The van der Waals surface area contributed by atoms with Gasteiger partial charge in [0.2, 0.25) is 5.91 Å². The molecule has 0 saturated carbocycles. The summed E-state index contributed by atoms with van der Waals surface area (Å²) in [7, 11) is 0. The molecule has 14 heavy (non-hydrogen) atoms. The quantitative estimate of drug-likeness (QED) is 0.678. The van der Waals surface area contributed by atoms with E-state index in [1.54, 1.807) is 0 Å². The molecule has 1 amide bonds. The molecular formula is C12H17NO. The van der Waals surface area contributed by atoms with E-state index >= 15 is 0 Å². The normalized spacial score (nSPS) is 16.5. The predicted octanol–water partition coefficient (Wildman–Crippen LogP) is 2.55. The minimum Gasteiger partial charge on any atom is -0.325 e. The van der Waals surface area contributed by atoms with Crippen molar-refractivity contribution in [2.75, 3.05) is 0 Å². The Labute approximate surface area is 85.4 Å². The molecule has 0 aromatic carbocycles. The van der Waals surface area contributed by atoms with Gasteiger partial charge < -0.3 is 5.32 Å². The maximum atomic E-state index is 11.7. The Balaban J connectivity index is 2.69. The fraction of sp³-hybridized carbons (Fsp3) is 0.417. The summed E-state index contributed by atoms with van der Waals surface area (Å²) in [6.07, 6.45) is 6.66. The van der Waals surface area contributed by atoms with Crippen molar-refractivity contribution in [2.45, 2.75) is 27.2 Å². The van der Waals surface area contributed by atoms with Gasteiger partial charge in [0.05, 0.1) is 0 Å². The summed E-state index contributed by atoms with van der Waals surface area (Å²) in [4.78, 5) is 11.7. The van der Waals surface area contributed by atoms with Gasteiger partial charge >= 0.3 is 0 Å². The maximum Gasteiger partial charge on any atom is 0.229 e. The molecule has 2 heteroatoms. The van der Waals surface area contributed by atoms with Gasteiger partial charge in [0.15, 0.2) is 0 Å². The third-order valence-corrected chi connectivity index (χ3v) is 2.07. The van der Waals surface area contributed by atoms with Crippen molar-refractivity contribution < 1.29 is 4.79 Å².